The summed E-state index contributed by atoms with van der Waals surface area (Å²) in [4.78, 5) is 20.3. The molecule has 0 amide bonds. The van der Waals surface area contributed by atoms with Crippen molar-refractivity contribution in [3.63, 3.8) is 0 Å². The third-order valence-electron chi connectivity index (χ3n) is 3.34. The van der Waals surface area contributed by atoms with Crippen LogP contribution < -0.4 is 5.73 Å². The number of pyridine rings is 1. The van der Waals surface area contributed by atoms with Crippen LogP contribution in [0.4, 0.5) is 5.82 Å². The minimum atomic E-state index is -0.477. The first-order valence-electron chi connectivity index (χ1n) is 6.99. The van der Waals surface area contributed by atoms with Gasteiger partial charge in [0.1, 0.15) is 11.6 Å². The van der Waals surface area contributed by atoms with E-state index in [0.29, 0.717) is 25.4 Å². The Balaban J connectivity index is 2.39. The zero-order chi connectivity index (χ0) is 15.4. The topological polar surface area (TPSA) is 83.0 Å². The van der Waals surface area contributed by atoms with E-state index >= 15 is 0 Å². The van der Waals surface area contributed by atoms with Crippen LogP contribution in [0.2, 0.25) is 0 Å². The monoisotopic (exact) mass is 288 g/mol. The summed E-state index contributed by atoms with van der Waals surface area (Å²) in [6.45, 7) is 6.60. The Labute approximate surface area is 124 Å². The van der Waals surface area contributed by atoms with Crippen molar-refractivity contribution in [1.29, 1.82) is 0 Å². The predicted molar refractivity (Wildman–Crippen MR) is 80.0 cm³/mol. The molecule has 2 aromatic rings. The van der Waals surface area contributed by atoms with Crippen molar-refractivity contribution < 1.29 is 9.53 Å². The highest BCUT2D eigenvalue weighted by atomic mass is 16.5. The Morgan fingerprint density at radius 3 is 2.81 bits per heavy atom. The maximum atomic E-state index is 11.9. The summed E-state index contributed by atoms with van der Waals surface area (Å²) in [5.74, 6) is 0.642. The molecule has 6 nitrogen and oxygen atoms in total. The minimum Gasteiger partial charge on any atom is -0.461 e. The average Bonchev–Trinajstić information content (AvgIpc) is 2.78. The molecule has 0 aromatic carbocycles. The number of nitrogens with zero attached hydrogens (tertiary/aromatic N) is 3. The number of imidazole rings is 1. The summed E-state index contributed by atoms with van der Waals surface area (Å²) in [5.41, 5.74) is 8.46. The molecular weight excluding hydrogens is 268 g/mol. The number of rotatable bonds is 5. The lowest BCUT2D eigenvalue weighted by atomic mass is 10.1. The predicted octanol–water partition coefficient (Wildman–Crippen LogP) is 1.96. The number of anilines is 1. The molecule has 0 spiro atoms. The summed E-state index contributed by atoms with van der Waals surface area (Å²) < 4.78 is 6.85. The number of aryl methyl sites for hydroxylation is 2. The van der Waals surface area contributed by atoms with Crippen LogP contribution in [0.25, 0.3) is 0 Å². The lowest BCUT2D eigenvalue weighted by Crippen LogP contribution is -2.11. The van der Waals surface area contributed by atoms with Crippen molar-refractivity contribution >= 4 is 11.8 Å². The van der Waals surface area contributed by atoms with E-state index in [-0.39, 0.29) is 5.69 Å². The van der Waals surface area contributed by atoms with E-state index in [2.05, 4.69) is 9.97 Å². The molecule has 0 unspecified atom stereocenters. The van der Waals surface area contributed by atoms with Gasteiger partial charge in [-0.15, -0.1) is 0 Å². The van der Waals surface area contributed by atoms with Gasteiger partial charge in [0.25, 0.3) is 0 Å². The van der Waals surface area contributed by atoms with Crippen LogP contribution in [0.1, 0.15) is 41.3 Å². The molecule has 112 valence electrons. The number of nitrogens with two attached hydrogens (primary N) is 1. The first kappa shape index (κ1) is 15.0. The number of hydrogen-bond donors (Lipinski definition) is 1. The second kappa shape index (κ2) is 6.39. The molecule has 2 heterocycles. The summed E-state index contributed by atoms with van der Waals surface area (Å²) in [6, 6.07) is 1.94. The van der Waals surface area contributed by atoms with Gasteiger partial charge in [-0.05, 0) is 31.0 Å². The molecule has 2 aromatic heterocycles. The lowest BCUT2D eigenvalue weighted by Gasteiger charge is -2.10. The third kappa shape index (κ3) is 3.04. The molecule has 2 rings (SSSR count). The molecule has 0 atom stereocenters. The van der Waals surface area contributed by atoms with E-state index < -0.39 is 5.97 Å². The van der Waals surface area contributed by atoms with Crippen LogP contribution in [0.5, 0.6) is 0 Å². The maximum absolute atomic E-state index is 11.9. The fourth-order valence-corrected chi connectivity index (χ4v) is 2.16. The molecule has 6 heteroatoms. The van der Waals surface area contributed by atoms with Gasteiger partial charge in [0, 0.05) is 18.8 Å². The van der Waals surface area contributed by atoms with Crippen LogP contribution in [0, 0.1) is 6.92 Å². The Morgan fingerprint density at radius 2 is 2.19 bits per heavy atom. The van der Waals surface area contributed by atoms with Gasteiger partial charge in [-0.2, -0.15) is 0 Å². The summed E-state index contributed by atoms with van der Waals surface area (Å²) >= 11 is 0. The van der Waals surface area contributed by atoms with E-state index in [1.807, 2.05) is 24.5 Å². The summed E-state index contributed by atoms with van der Waals surface area (Å²) in [7, 11) is 0. The van der Waals surface area contributed by atoms with Gasteiger partial charge in [0.2, 0.25) is 0 Å². The van der Waals surface area contributed by atoms with Gasteiger partial charge in [-0.3, -0.25) is 4.98 Å². The van der Waals surface area contributed by atoms with Crippen molar-refractivity contribution in [3.8, 4) is 0 Å². The molecule has 0 bridgehead atoms. The molecule has 0 aliphatic heterocycles. The highest BCUT2D eigenvalue weighted by Crippen LogP contribution is 2.19. The minimum absolute atomic E-state index is 0.195. The standard InChI is InChI=1S/C15H20N4O2/c1-4-12-18-13(15(20)21-5-2)14(16)19(12)9-11-6-7-17-8-10(11)3/h6-8H,4-5,9,16H2,1-3H3. The highest BCUT2D eigenvalue weighted by molar-refractivity contribution is 5.92. The fraction of sp³-hybridized carbons (Fsp3) is 0.400. The average molecular weight is 288 g/mol. The number of aromatic nitrogens is 3. The smallest absolute Gasteiger partial charge is 0.360 e. The number of esters is 1. The Kier molecular flexibility index (Phi) is 4.57. The van der Waals surface area contributed by atoms with Crippen LogP contribution in [-0.2, 0) is 17.7 Å². The molecule has 0 fully saturated rings. The first-order valence-corrected chi connectivity index (χ1v) is 6.99. The van der Waals surface area contributed by atoms with Crippen LogP contribution in [-0.4, -0.2) is 27.1 Å². The Hall–Kier alpha value is -2.37. The van der Waals surface area contributed by atoms with Crippen molar-refractivity contribution in [2.45, 2.75) is 33.7 Å². The van der Waals surface area contributed by atoms with E-state index in [0.717, 1.165) is 17.0 Å². The molecule has 2 N–H and O–H groups in total. The number of ether oxygens (including phenoxy) is 1. The van der Waals surface area contributed by atoms with Gasteiger partial charge in [-0.25, -0.2) is 9.78 Å². The number of hydrogen-bond acceptors (Lipinski definition) is 5. The second-order valence-corrected chi connectivity index (χ2v) is 4.72. The van der Waals surface area contributed by atoms with Gasteiger partial charge in [0.15, 0.2) is 5.69 Å². The van der Waals surface area contributed by atoms with Crippen LogP contribution in [0.15, 0.2) is 18.5 Å². The molecular formula is C15H20N4O2. The molecule has 21 heavy (non-hydrogen) atoms. The van der Waals surface area contributed by atoms with E-state index in [9.17, 15) is 4.79 Å². The van der Waals surface area contributed by atoms with Gasteiger partial charge in [-0.1, -0.05) is 6.92 Å². The van der Waals surface area contributed by atoms with Crippen LogP contribution >= 0.6 is 0 Å². The number of carbonyl (C=O) groups is 1. The van der Waals surface area contributed by atoms with Crippen molar-refractivity contribution in [1.82, 2.24) is 14.5 Å². The molecule has 0 aliphatic rings. The lowest BCUT2D eigenvalue weighted by molar-refractivity contribution is 0.0521. The SMILES string of the molecule is CCOC(=O)c1nc(CC)n(Cc2ccncc2C)c1N. The molecule has 0 aliphatic carbocycles. The van der Waals surface area contributed by atoms with E-state index in [1.54, 1.807) is 19.3 Å². The molecule has 0 saturated carbocycles. The number of carbonyl (C=O) groups excluding carboxylic acids is 1. The number of nitrogen functional groups attached to an aromatic ring is 1. The Bertz CT molecular complexity index is 649. The molecule has 0 saturated heterocycles. The van der Waals surface area contributed by atoms with Crippen LogP contribution in [0.3, 0.4) is 0 Å². The van der Waals surface area contributed by atoms with Crippen molar-refractivity contribution in [2.24, 2.45) is 0 Å². The first-order chi connectivity index (χ1) is 10.1. The summed E-state index contributed by atoms with van der Waals surface area (Å²) in [6.07, 6.45) is 4.24. The largest absolute Gasteiger partial charge is 0.461 e. The Morgan fingerprint density at radius 1 is 1.43 bits per heavy atom. The normalized spacial score (nSPS) is 10.6. The van der Waals surface area contributed by atoms with Crippen molar-refractivity contribution in [2.75, 3.05) is 12.3 Å². The van der Waals surface area contributed by atoms with Crippen molar-refractivity contribution in [3.05, 3.63) is 41.1 Å². The zero-order valence-corrected chi connectivity index (χ0v) is 12.6. The zero-order valence-electron chi connectivity index (χ0n) is 12.6. The van der Waals surface area contributed by atoms with Gasteiger partial charge >= 0.3 is 5.97 Å². The van der Waals surface area contributed by atoms with E-state index in [1.165, 1.54) is 0 Å². The summed E-state index contributed by atoms with van der Waals surface area (Å²) in [5, 5.41) is 0. The third-order valence-corrected chi connectivity index (χ3v) is 3.34. The maximum Gasteiger partial charge on any atom is 0.360 e. The van der Waals surface area contributed by atoms with Gasteiger partial charge < -0.3 is 15.0 Å². The van der Waals surface area contributed by atoms with Gasteiger partial charge in [0.05, 0.1) is 13.2 Å². The fourth-order valence-electron chi connectivity index (χ4n) is 2.16. The quantitative estimate of drug-likeness (QED) is 0.850. The second-order valence-electron chi connectivity index (χ2n) is 4.72. The molecule has 0 radical (unpaired) electrons. The highest BCUT2D eigenvalue weighted by Gasteiger charge is 2.21. The van der Waals surface area contributed by atoms with E-state index in [4.69, 9.17) is 10.5 Å².